The molecule has 2 aliphatic carbocycles. The van der Waals surface area contributed by atoms with Gasteiger partial charge < -0.3 is 4.98 Å². The van der Waals surface area contributed by atoms with E-state index in [4.69, 9.17) is 0 Å². The fraction of sp³-hybridized carbons (Fsp3) is 0.500. The van der Waals surface area contributed by atoms with Crippen LogP contribution in [0.2, 0.25) is 0 Å². The Bertz CT molecular complexity index is 655. The molecule has 0 spiro atoms. The van der Waals surface area contributed by atoms with E-state index in [9.17, 15) is 13.2 Å². The average Bonchev–Trinajstić information content (AvgIpc) is 3.10. The molecule has 2 bridgehead atoms. The molecule has 1 N–H and O–H groups in total. The quantitative estimate of drug-likeness (QED) is 0.748. The molecular formula is C16H16F3N. The van der Waals surface area contributed by atoms with Gasteiger partial charge in [0.05, 0.1) is 11.1 Å². The highest BCUT2D eigenvalue weighted by atomic mass is 19.4. The zero-order valence-electron chi connectivity index (χ0n) is 11.0. The third-order valence-corrected chi connectivity index (χ3v) is 5.19. The standard InChI is InChI=1S/C16H16F3N/c17-16(18,19)14-3-1-2-11-13(8-20-15(11)14)12-7-9-4-5-10(12)6-9/h1-3,8-10,12,20H,4-7H2. The molecule has 2 aromatic rings. The number of nitrogens with one attached hydrogen (secondary N) is 1. The summed E-state index contributed by atoms with van der Waals surface area (Å²) < 4.78 is 39.1. The van der Waals surface area contributed by atoms with Gasteiger partial charge in [0.2, 0.25) is 0 Å². The van der Waals surface area contributed by atoms with E-state index in [0.29, 0.717) is 11.8 Å². The van der Waals surface area contributed by atoms with Gasteiger partial charge in [0.1, 0.15) is 0 Å². The molecule has 0 radical (unpaired) electrons. The Hall–Kier alpha value is -1.45. The van der Waals surface area contributed by atoms with Crippen molar-refractivity contribution in [3.63, 3.8) is 0 Å². The number of fused-ring (bicyclic) bond motifs is 3. The first-order valence-electron chi connectivity index (χ1n) is 7.21. The second kappa shape index (κ2) is 4.03. The summed E-state index contributed by atoms with van der Waals surface area (Å²) in [6.07, 6.45) is 2.46. The van der Waals surface area contributed by atoms with Crippen molar-refractivity contribution in [1.82, 2.24) is 4.98 Å². The SMILES string of the molecule is FC(F)(F)c1cccc2c(C3CC4CCC3C4)c[nH]c12. The first-order chi connectivity index (χ1) is 9.54. The van der Waals surface area contributed by atoms with E-state index in [2.05, 4.69) is 4.98 Å². The number of para-hydroxylation sites is 1. The summed E-state index contributed by atoms with van der Waals surface area (Å²) in [6, 6.07) is 4.50. The fourth-order valence-electron chi connectivity index (χ4n) is 4.34. The maximum Gasteiger partial charge on any atom is 0.418 e. The maximum atomic E-state index is 13.0. The van der Waals surface area contributed by atoms with Crippen LogP contribution in [0.3, 0.4) is 0 Å². The van der Waals surface area contributed by atoms with Crippen LogP contribution in [0.4, 0.5) is 13.2 Å². The number of hydrogen-bond donors (Lipinski definition) is 1. The lowest BCUT2D eigenvalue weighted by Crippen LogP contribution is -2.08. The van der Waals surface area contributed by atoms with Gasteiger partial charge >= 0.3 is 6.18 Å². The number of hydrogen-bond acceptors (Lipinski definition) is 0. The van der Waals surface area contributed by atoms with E-state index in [1.807, 2.05) is 12.3 Å². The van der Waals surface area contributed by atoms with Crippen LogP contribution < -0.4 is 0 Å². The predicted molar refractivity (Wildman–Crippen MR) is 71.5 cm³/mol. The molecule has 1 nitrogen and oxygen atoms in total. The van der Waals surface area contributed by atoms with Crippen LogP contribution >= 0.6 is 0 Å². The van der Waals surface area contributed by atoms with E-state index in [1.54, 1.807) is 0 Å². The second-order valence-corrected chi connectivity index (χ2v) is 6.25. The molecule has 1 heterocycles. The Morgan fingerprint density at radius 2 is 1.95 bits per heavy atom. The Morgan fingerprint density at radius 3 is 2.60 bits per heavy atom. The molecule has 3 unspecified atom stereocenters. The minimum absolute atomic E-state index is 0.248. The van der Waals surface area contributed by atoms with E-state index in [1.165, 1.54) is 25.3 Å². The molecule has 0 aliphatic heterocycles. The molecule has 1 aromatic carbocycles. The monoisotopic (exact) mass is 279 g/mol. The molecule has 2 fully saturated rings. The van der Waals surface area contributed by atoms with Crippen LogP contribution in [0.5, 0.6) is 0 Å². The van der Waals surface area contributed by atoms with Gasteiger partial charge in [-0.15, -0.1) is 0 Å². The van der Waals surface area contributed by atoms with E-state index >= 15 is 0 Å². The normalized spacial score (nSPS) is 29.4. The highest BCUT2D eigenvalue weighted by molar-refractivity contribution is 5.87. The van der Waals surface area contributed by atoms with Gasteiger partial charge in [-0.25, -0.2) is 0 Å². The topological polar surface area (TPSA) is 15.8 Å². The van der Waals surface area contributed by atoms with Gasteiger partial charge in [-0.1, -0.05) is 18.6 Å². The van der Waals surface area contributed by atoms with Crippen molar-refractivity contribution in [2.45, 2.75) is 37.8 Å². The molecule has 0 saturated heterocycles. The number of H-pyrrole nitrogens is 1. The lowest BCUT2D eigenvalue weighted by Gasteiger charge is -2.21. The molecule has 3 atom stereocenters. The van der Waals surface area contributed by atoms with Crippen molar-refractivity contribution in [2.24, 2.45) is 11.8 Å². The Balaban J connectivity index is 1.83. The summed E-state index contributed by atoms with van der Waals surface area (Å²) >= 11 is 0. The highest BCUT2D eigenvalue weighted by Crippen LogP contribution is 2.54. The van der Waals surface area contributed by atoms with Crippen molar-refractivity contribution in [3.8, 4) is 0 Å². The van der Waals surface area contributed by atoms with E-state index in [-0.39, 0.29) is 5.52 Å². The van der Waals surface area contributed by atoms with Crippen molar-refractivity contribution >= 4 is 10.9 Å². The summed E-state index contributed by atoms with van der Waals surface area (Å²) in [5, 5.41) is 0.761. The molecule has 1 aromatic heterocycles. The van der Waals surface area contributed by atoms with Crippen LogP contribution in [0.1, 0.15) is 42.7 Å². The summed E-state index contributed by atoms with van der Waals surface area (Å²) in [7, 11) is 0. The summed E-state index contributed by atoms with van der Waals surface area (Å²) in [4.78, 5) is 2.88. The number of aromatic nitrogens is 1. The van der Waals surface area contributed by atoms with E-state index < -0.39 is 11.7 Å². The highest BCUT2D eigenvalue weighted by Gasteiger charge is 2.41. The summed E-state index contributed by atoms with van der Waals surface area (Å²) in [5.74, 6) is 1.92. The zero-order valence-corrected chi connectivity index (χ0v) is 11.0. The smallest absolute Gasteiger partial charge is 0.360 e. The first-order valence-corrected chi connectivity index (χ1v) is 7.21. The molecule has 4 rings (SSSR count). The predicted octanol–water partition coefficient (Wildman–Crippen LogP) is 5.09. The van der Waals surface area contributed by atoms with Crippen molar-refractivity contribution in [2.75, 3.05) is 0 Å². The van der Waals surface area contributed by atoms with Gasteiger partial charge in [0, 0.05) is 11.6 Å². The number of rotatable bonds is 1. The number of alkyl halides is 3. The Kier molecular flexibility index (Phi) is 2.48. The summed E-state index contributed by atoms with van der Waals surface area (Å²) in [6.45, 7) is 0. The molecule has 2 saturated carbocycles. The average molecular weight is 279 g/mol. The van der Waals surface area contributed by atoms with Crippen molar-refractivity contribution in [3.05, 3.63) is 35.5 Å². The minimum atomic E-state index is -4.30. The molecule has 2 aliphatic rings. The molecule has 20 heavy (non-hydrogen) atoms. The van der Waals surface area contributed by atoms with Crippen molar-refractivity contribution in [1.29, 1.82) is 0 Å². The zero-order chi connectivity index (χ0) is 13.9. The Morgan fingerprint density at radius 1 is 1.10 bits per heavy atom. The lowest BCUT2D eigenvalue weighted by atomic mass is 9.83. The molecular weight excluding hydrogens is 263 g/mol. The van der Waals surface area contributed by atoms with Crippen LogP contribution in [0, 0.1) is 11.8 Å². The Labute approximate surface area is 115 Å². The largest absolute Gasteiger partial charge is 0.418 e. The maximum absolute atomic E-state index is 13.0. The van der Waals surface area contributed by atoms with E-state index in [0.717, 1.165) is 29.4 Å². The number of benzene rings is 1. The fourth-order valence-corrected chi connectivity index (χ4v) is 4.34. The second-order valence-electron chi connectivity index (χ2n) is 6.25. The first kappa shape index (κ1) is 12.3. The van der Waals surface area contributed by atoms with Gasteiger partial charge in [-0.05, 0) is 48.6 Å². The van der Waals surface area contributed by atoms with Gasteiger partial charge in [0.15, 0.2) is 0 Å². The van der Waals surface area contributed by atoms with Gasteiger partial charge in [0.25, 0.3) is 0 Å². The lowest BCUT2D eigenvalue weighted by molar-refractivity contribution is -0.136. The molecule has 4 heteroatoms. The molecule has 106 valence electrons. The van der Waals surface area contributed by atoms with Crippen LogP contribution in [0.15, 0.2) is 24.4 Å². The van der Waals surface area contributed by atoms with Crippen LogP contribution in [-0.4, -0.2) is 4.98 Å². The van der Waals surface area contributed by atoms with Gasteiger partial charge in [-0.2, -0.15) is 13.2 Å². The third-order valence-electron chi connectivity index (χ3n) is 5.19. The number of aromatic amines is 1. The van der Waals surface area contributed by atoms with Crippen molar-refractivity contribution < 1.29 is 13.2 Å². The van der Waals surface area contributed by atoms with Gasteiger partial charge in [-0.3, -0.25) is 0 Å². The third kappa shape index (κ3) is 1.70. The van der Waals surface area contributed by atoms with Crippen LogP contribution in [0.25, 0.3) is 10.9 Å². The number of halogens is 3. The molecule has 0 amide bonds. The van der Waals surface area contributed by atoms with Crippen LogP contribution in [-0.2, 0) is 6.18 Å². The summed E-state index contributed by atoms with van der Waals surface area (Å²) in [5.41, 5.74) is 0.792. The minimum Gasteiger partial charge on any atom is -0.360 e.